The number of carbonyl (C=O) groups excluding carboxylic acids is 1. The highest BCUT2D eigenvalue weighted by atomic mass is 16.5. The Balaban J connectivity index is 1.62. The minimum absolute atomic E-state index is 0.285. The Kier molecular flexibility index (Phi) is 5.74. The first-order valence-corrected chi connectivity index (χ1v) is 8.98. The molecule has 1 saturated heterocycles. The van der Waals surface area contributed by atoms with Gasteiger partial charge in [-0.15, -0.1) is 0 Å². The summed E-state index contributed by atoms with van der Waals surface area (Å²) >= 11 is 0. The van der Waals surface area contributed by atoms with E-state index in [9.17, 15) is 4.79 Å². The molecule has 2 aliphatic rings. The van der Waals surface area contributed by atoms with Crippen molar-refractivity contribution in [3.8, 4) is 5.75 Å². The van der Waals surface area contributed by atoms with Gasteiger partial charge in [-0.3, -0.25) is 9.69 Å². The summed E-state index contributed by atoms with van der Waals surface area (Å²) in [5.74, 6) is 1.17. The van der Waals surface area contributed by atoms with Gasteiger partial charge in [-0.2, -0.15) is 0 Å². The Labute approximate surface area is 144 Å². The number of hydrogen-bond acceptors (Lipinski definition) is 4. The summed E-state index contributed by atoms with van der Waals surface area (Å²) in [7, 11) is 1.75. The minimum atomic E-state index is -0.428. The highest BCUT2D eigenvalue weighted by molar-refractivity contribution is 5.76. The highest BCUT2D eigenvalue weighted by Crippen LogP contribution is 2.31. The van der Waals surface area contributed by atoms with Crippen molar-refractivity contribution in [2.75, 3.05) is 33.4 Å². The Morgan fingerprint density at radius 1 is 1.33 bits per heavy atom. The number of piperidine rings is 1. The molecule has 0 radical (unpaired) electrons. The van der Waals surface area contributed by atoms with Crippen molar-refractivity contribution in [2.45, 2.75) is 38.6 Å². The molecule has 1 amide bonds. The fraction of sp³-hybridized carbons (Fsp3) is 0.632. The topological polar surface area (TPSA) is 61.8 Å². The molecule has 2 N–H and O–H groups in total. The lowest BCUT2D eigenvalue weighted by Crippen LogP contribution is -2.41. The van der Waals surface area contributed by atoms with Crippen LogP contribution >= 0.6 is 0 Å². The summed E-state index contributed by atoms with van der Waals surface area (Å²) in [6.07, 6.45) is 5.87. The van der Waals surface area contributed by atoms with Gasteiger partial charge in [-0.05, 0) is 61.8 Å². The van der Waals surface area contributed by atoms with E-state index in [1.54, 1.807) is 7.11 Å². The molecule has 3 rings (SSSR count). The van der Waals surface area contributed by atoms with E-state index in [4.69, 9.17) is 9.84 Å². The first kappa shape index (κ1) is 17.2. The number of carbonyl (C=O) groups is 1. The summed E-state index contributed by atoms with van der Waals surface area (Å²) in [6, 6.07) is 4.55. The third-order valence-electron chi connectivity index (χ3n) is 5.22. The molecule has 0 bridgehead atoms. The van der Waals surface area contributed by atoms with Crippen LogP contribution in [0.1, 0.15) is 36.0 Å². The number of aliphatic hydroxyl groups is 1. The van der Waals surface area contributed by atoms with E-state index >= 15 is 0 Å². The van der Waals surface area contributed by atoms with Crippen LogP contribution in [-0.2, 0) is 24.2 Å². The second-order valence-corrected chi connectivity index (χ2v) is 6.99. The number of ether oxygens (including phenoxy) is 1. The number of nitrogens with zero attached hydrogens (tertiary/aromatic N) is 1. The smallest absolute Gasteiger partial charge is 0.245 e. The van der Waals surface area contributed by atoms with Gasteiger partial charge in [0.05, 0.1) is 7.11 Å². The van der Waals surface area contributed by atoms with Crippen LogP contribution in [0.3, 0.4) is 0 Å². The molecule has 1 aromatic rings. The van der Waals surface area contributed by atoms with Crippen LogP contribution in [0.15, 0.2) is 12.1 Å². The molecule has 0 spiro atoms. The lowest BCUT2D eigenvalue weighted by atomic mass is 9.97. The molecule has 5 nitrogen and oxygen atoms in total. The second kappa shape index (κ2) is 7.99. The summed E-state index contributed by atoms with van der Waals surface area (Å²) in [6.45, 7) is 3.19. The van der Waals surface area contributed by atoms with Gasteiger partial charge in [0.1, 0.15) is 12.4 Å². The molecule has 1 aliphatic heterocycles. The summed E-state index contributed by atoms with van der Waals surface area (Å²) < 4.78 is 5.62. The summed E-state index contributed by atoms with van der Waals surface area (Å²) in [5, 5.41) is 11.6. The molecule has 0 saturated carbocycles. The Morgan fingerprint density at radius 3 is 2.88 bits per heavy atom. The van der Waals surface area contributed by atoms with Crippen molar-refractivity contribution < 1.29 is 14.6 Å². The number of hydrogen-bond donors (Lipinski definition) is 2. The quantitative estimate of drug-likeness (QED) is 0.829. The lowest BCUT2D eigenvalue weighted by molar-refractivity contribution is -0.124. The maximum atomic E-state index is 11.2. The van der Waals surface area contributed by atoms with E-state index in [-0.39, 0.29) is 5.91 Å². The average molecular weight is 332 g/mol. The highest BCUT2D eigenvalue weighted by Gasteiger charge is 2.22. The Bertz CT molecular complexity index is 588. The molecule has 5 heteroatoms. The molecule has 132 valence electrons. The fourth-order valence-electron chi connectivity index (χ4n) is 3.98. The van der Waals surface area contributed by atoms with E-state index in [2.05, 4.69) is 22.3 Å². The molecular weight excluding hydrogens is 304 g/mol. The predicted octanol–water partition coefficient (Wildman–Crippen LogP) is 1.50. The van der Waals surface area contributed by atoms with Crippen molar-refractivity contribution in [1.82, 2.24) is 10.2 Å². The zero-order valence-corrected chi connectivity index (χ0v) is 14.5. The number of methoxy groups -OCH3 is 1. The molecule has 1 aliphatic carbocycles. The molecule has 1 heterocycles. The SMILES string of the molecule is COc1cc2c(cc1CN1CCC[C@H](CNC(=O)CO)C1)CCC2. The number of fused-ring (bicyclic) bond motifs is 1. The zero-order chi connectivity index (χ0) is 16.9. The standard InChI is InChI=1S/C19H28N2O3/c1-24-18-9-16-6-2-5-15(16)8-17(18)12-21-7-3-4-14(11-21)10-20-19(23)13-22/h8-9,14,22H,2-7,10-13H2,1H3,(H,20,23)/t14-/m1/s1. The molecule has 1 atom stereocenters. The number of aliphatic hydroxyl groups excluding tert-OH is 1. The number of likely N-dealkylation sites (tertiary alicyclic amines) is 1. The van der Waals surface area contributed by atoms with Crippen molar-refractivity contribution in [1.29, 1.82) is 0 Å². The maximum Gasteiger partial charge on any atom is 0.245 e. The molecule has 24 heavy (non-hydrogen) atoms. The monoisotopic (exact) mass is 332 g/mol. The van der Waals surface area contributed by atoms with Crippen LogP contribution in [0.5, 0.6) is 5.75 Å². The Morgan fingerprint density at radius 2 is 2.12 bits per heavy atom. The first-order chi connectivity index (χ1) is 11.7. The second-order valence-electron chi connectivity index (χ2n) is 6.99. The van der Waals surface area contributed by atoms with E-state index < -0.39 is 6.61 Å². The van der Waals surface area contributed by atoms with Crippen LogP contribution in [0.4, 0.5) is 0 Å². The number of nitrogens with one attached hydrogen (secondary N) is 1. The molecule has 1 aromatic carbocycles. The first-order valence-electron chi connectivity index (χ1n) is 8.98. The third kappa shape index (κ3) is 4.08. The van der Waals surface area contributed by atoms with Crippen LogP contribution in [-0.4, -0.2) is 49.3 Å². The third-order valence-corrected chi connectivity index (χ3v) is 5.22. The van der Waals surface area contributed by atoms with E-state index in [1.807, 2.05) is 0 Å². The van der Waals surface area contributed by atoms with Crippen molar-refractivity contribution in [3.05, 3.63) is 28.8 Å². The van der Waals surface area contributed by atoms with Crippen molar-refractivity contribution >= 4 is 5.91 Å². The van der Waals surface area contributed by atoms with Gasteiger partial charge in [0.25, 0.3) is 0 Å². The van der Waals surface area contributed by atoms with Crippen LogP contribution in [0.2, 0.25) is 0 Å². The van der Waals surface area contributed by atoms with E-state index in [1.165, 1.54) is 36.0 Å². The van der Waals surface area contributed by atoms with Gasteiger partial charge in [-0.25, -0.2) is 0 Å². The number of benzene rings is 1. The van der Waals surface area contributed by atoms with Gasteiger partial charge in [0.2, 0.25) is 5.91 Å². The summed E-state index contributed by atoms with van der Waals surface area (Å²) in [5.41, 5.74) is 4.20. The van der Waals surface area contributed by atoms with Crippen molar-refractivity contribution in [3.63, 3.8) is 0 Å². The maximum absolute atomic E-state index is 11.2. The normalized spacial score (nSPS) is 20.7. The van der Waals surface area contributed by atoms with Crippen molar-refractivity contribution in [2.24, 2.45) is 5.92 Å². The lowest BCUT2D eigenvalue weighted by Gasteiger charge is -2.33. The number of rotatable bonds is 6. The van der Waals surface area contributed by atoms with Gasteiger partial charge in [-0.1, -0.05) is 6.07 Å². The molecular formula is C19H28N2O3. The number of amides is 1. The largest absolute Gasteiger partial charge is 0.496 e. The average Bonchev–Trinajstić information content (AvgIpc) is 3.06. The number of aryl methyl sites for hydroxylation is 2. The van der Waals surface area contributed by atoms with Gasteiger partial charge in [0, 0.05) is 25.2 Å². The zero-order valence-electron chi connectivity index (χ0n) is 14.5. The van der Waals surface area contributed by atoms with Crippen LogP contribution < -0.4 is 10.1 Å². The predicted molar refractivity (Wildman–Crippen MR) is 93.1 cm³/mol. The van der Waals surface area contributed by atoms with Crippen LogP contribution in [0.25, 0.3) is 0 Å². The summed E-state index contributed by atoms with van der Waals surface area (Å²) in [4.78, 5) is 13.7. The fourth-order valence-corrected chi connectivity index (χ4v) is 3.98. The van der Waals surface area contributed by atoms with E-state index in [0.29, 0.717) is 12.5 Å². The van der Waals surface area contributed by atoms with Gasteiger partial charge >= 0.3 is 0 Å². The molecule has 1 fully saturated rings. The van der Waals surface area contributed by atoms with E-state index in [0.717, 1.165) is 38.2 Å². The minimum Gasteiger partial charge on any atom is -0.496 e. The molecule has 0 aromatic heterocycles. The van der Waals surface area contributed by atoms with Crippen LogP contribution in [0, 0.1) is 5.92 Å². The Hall–Kier alpha value is -1.59. The van der Waals surface area contributed by atoms with Gasteiger partial charge in [0.15, 0.2) is 0 Å². The molecule has 0 unspecified atom stereocenters. The van der Waals surface area contributed by atoms with Gasteiger partial charge < -0.3 is 15.2 Å².